The fraction of sp³-hybridized carbons (Fsp3) is 0.905. The van der Waals surface area contributed by atoms with Crippen molar-refractivity contribution >= 4 is 35.8 Å². The molecule has 0 spiro atoms. The number of carbonyl (C=O) groups excluding carboxylic acids is 1. The maximum atomic E-state index is 12.4. The van der Waals surface area contributed by atoms with E-state index >= 15 is 0 Å². The molecule has 1 heterocycles. The van der Waals surface area contributed by atoms with Gasteiger partial charge in [0, 0.05) is 43.2 Å². The summed E-state index contributed by atoms with van der Waals surface area (Å²) in [5.41, 5.74) is 0. The van der Waals surface area contributed by atoms with Gasteiger partial charge in [-0.1, -0.05) is 6.42 Å². The van der Waals surface area contributed by atoms with Crippen LogP contribution >= 0.6 is 24.0 Å². The van der Waals surface area contributed by atoms with E-state index < -0.39 is 0 Å². The number of hydrogen-bond acceptors (Lipinski definition) is 4. The third-order valence-corrected chi connectivity index (χ3v) is 5.66. The number of hydrogen-bond donors (Lipinski definition) is 3. The van der Waals surface area contributed by atoms with E-state index in [1.54, 1.807) is 0 Å². The van der Waals surface area contributed by atoms with Crippen LogP contribution in [0, 0.1) is 5.92 Å². The first-order valence-corrected chi connectivity index (χ1v) is 11.1. The summed E-state index contributed by atoms with van der Waals surface area (Å²) in [6.45, 7) is 14.7. The quantitative estimate of drug-likeness (QED) is 0.271. The Hall–Kier alpha value is -0.610. The maximum Gasteiger partial charge on any atom is 0.223 e. The number of amides is 1. The molecule has 4 atom stereocenters. The van der Waals surface area contributed by atoms with Crippen LogP contribution in [0.25, 0.3) is 0 Å². The Kier molecular flexibility index (Phi) is 12.4. The highest BCUT2D eigenvalue weighted by Crippen LogP contribution is 2.24. The molecular formula is C21H42IN5O2. The van der Waals surface area contributed by atoms with Crippen molar-refractivity contribution < 1.29 is 9.53 Å². The molecule has 1 aliphatic heterocycles. The number of guanidine groups is 1. The van der Waals surface area contributed by atoms with E-state index in [1.807, 2.05) is 13.8 Å². The Bertz CT molecular complexity index is 517. The zero-order chi connectivity index (χ0) is 20.5. The van der Waals surface area contributed by atoms with Crippen LogP contribution in [0.1, 0.15) is 60.3 Å². The molecular weight excluding hydrogens is 481 g/mol. The summed E-state index contributed by atoms with van der Waals surface area (Å²) in [7, 11) is 0. The Labute approximate surface area is 194 Å². The molecule has 0 aromatic heterocycles. The Morgan fingerprint density at radius 1 is 1.28 bits per heavy atom. The van der Waals surface area contributed by atoms with Crippen LogP contribution in [0.3, 0.4) is 0 Å². The molecule has 3 N–H and O–H groups in total. The predicted octanol–water partition coefficient (Wildman–Crippen LogP) is 2.35. The third-order valence-electron chi connectivity index (χ3n) is 5.66. The summed E-state index contributed by atoms with van der Waals surface area (Å²) in [4.78, 5) is 19.7. The smallest absolute Gasteiger partial charge is 0.223 e. The lowest BCUT2D eigenvalue weighted by atomic mass is 9.85. The zero-order valence-electron chi connectivity index (χ0n) is 18.9. The average molecular weight is 524 g/mol. The van der Waals surface area contributed by atoms with Gasteiger partial charge in [0.25, 0.3) is 0 Å². The molecule has 0 bridgehead atoms. The minimum Gasteiger partial charge on any atom is -0.379 e. The van der Waals surface area contributed by atoms with Crippen molar-refractivity contribution in [3.63, 3.8) is 0 Å². The molecule has 2 aliphatic rings. The summed E-state index contributed by atoms with van der Waals surface area (Å²) in [6, 6.07) is 1.31. The molecule has 170 valence electrons. The van der Waals surface area contributed by atoms with E-state index in [4.69, 9.17) is 9.73 Å². The monoisotopic (exact) mass is 523 g/mol. The summed E-state index contributed by atoms with van der Waals surface area (Å²) in [5, 5.41) is 10.0. The first-order chi connectivity index (χ1) is 13.4. The summed E-state index contributed by atoms with van der Waals surface area (Å²) >= 11 is 0. The lowest BCUT2D eigenvalue weighted by Crippen LogP contribution is -2.50. The molecule has 8 heteroatoms. The second-order valence-corrected chi connectivity index (χ2v) is 8.60. The molecule has 1 aliphatic carbocycles. The molecule has 1 saturated heterocycles. The van der Waals surface area contributed by atoms with Gasteiger partial charge in [-0.3, -0.25) is 14.7 Å². The second kappa shape index (κ2) is 13.6. The number of halogens is 1. The van der Waals surface area contributed by atoms with Gasteiger partial charge in [-0.2, -0.15) is 0 Å². The van der Waals surface area contributed by atoms with Gasteiger partial charge in [-0.25, -0.2) is 0 Å². The lowest BCUT2D eigenvalue weighted by Gasteiger charge is -2.37. The van der Waals surface area contributed by atoms with Crippen molar-refractivity contribution in [1.82, 2.24) is 20.9 Å². The minimum absolute atomic E-state index is 0. The summed E-state index contributed by atoms with van der Waals surface area (Å²) in [5.74, 6) is 1.16. The van der Waals surface area contributed by atoms with E-state index in [2.05, 4.69) is 41.6 Å². The molecule has 7 nitrogen and oxygen atoms in total. The Balaban J connectivity index is 0.00000420. The van der Waals surface area contributed by atoms with Crippen molar-refractivity contribution in [2.24, 2.45) is 10.9 Å². The lowest BCUT2D eigenvalue weighted by molar-refractivity contribution is -0.126. The Morgan fingerprint density at radius 3 is 2.69 bits per heavy atom. The van der Waals surface area contributed by atoms with Gasteiger partial charge < -0.3 is 20.7 Å². The van der Waals surface area contributed by atoms with Crippen LogP contribution in [0.4, 0.5) is 0 Å². The largest absolute Gasteiger partial charge is 0.379 e. The van der Waals surface area contributed by atoms with E-state index in [-0.39, 0.29) is 41.8 Å². The van der Waals surface area contributed by atoms with Gasteiger partial charge in [-0.15, -0.1) is 24.0 Å². The zero-order valence-corrected chi connectivity index (χ0v) is 21.2. The van der Waals surface area contributed by atoms with Crippen molar-refractivity contribution in [2.75, 3.05) is 32.8 Å². The van der Waals surface area contributed by atoms with Gasteiger partial charge in [0.1, 0.15) is 0 Å². The molecule has 2 fully saturated rings. The van der Waals surface area contributed by atoms with Gasteiger partial charge >= 0.3 is 0 Å². The summed E-state index contributed by atoms with van der Waals surface area (Å²) in [6.07, 6.45) is 4.02. The average Bonchev–Trinajstić information content (AvgIpc) is 2.66. The molecule has 0 aromatic rings. The van der Waals surface area contributed by atoms with Gasteiger partial charge in [0.05, 0.1) is 19.8 Å². The SMILES string of the molecule is CCNC(=NCC(C)N1CCOCC1C)NC1CCCC(C(=O)NC(C)C)C1.I. The molecule has 0 aromatic carbocycles. The van der Waals surface area contributed by atoms with Gasteiger partial charge in [0.2, 0.25) is 5.91 Å². The molecule has 0 radical (unpaired) electrons. The first kappa shape index (κ1) is 26.4. The van der Waals surface area contributed by atoms with E-state index in [1.165, 1.54) is 0 Å². The van der Waals surface area contributed by atoms with Crippen LogP contribution in [-0.2, 0) is 9.53 Å². The minimum atomic E-state index is 0. The van der Waals surface area contributed by atoms with Crippen molar-refractivity contribution in [2.45, 2.75) is 84.5 Å². The second-order valence-electron chi connectivity index (χ2n) is 8.60. The molecule has 4 unspecified atom stereocenters. The molecule has 1 amide bonds. The van der Waals surface area contributed by atoms with Crippen LogP contribution in [0.5, 0.6) is 0 Å². The van der Waals surface area contributed by atoms with E-state index in [0.717, 1.165) is 64.5 Å². The summed E-state index contributed by atoms with van der Waals surface area (Å²) < 4.78 is 5.55. The fourth-order valence-corrected chi connectivity index (χ4v) is 4.20. The predicted molar refractivity (Wildman–Crippen MR) is 130 cm³/mol. The van der Waals surface area contributed by atoms with Crippen molar-refractivity contribution in [3.05, 3.63) is 0 Å². The van der Waals surface area contributed by atoms with E-state index in [0.29, 0.717) is 18.1 Å². The number of nitrogens with one attached hydrogen (secondary N) is 3. The molecule has 2 rings (SSSR count). The standard InChI is InChI=1S/C21H41N5O2.HI/c1-6-22-21(23-13-16(4)26-10-11-28-14-17(26)5)25-19-9-7-8-18(12-19)20(27)24-15(2)3;/h15-19H,6-14H2,1-5H3,(H,24,27)(H2,22,23,25);1H. The molecule has 29 heavy (non-hydrogen) atoms. The number of ether oxygens (including phenoxy) is 1. The van der Waals surface area contributed by atoms with Crippen molar-refractivity contribution in [3.8, 4) is 0 Å². The number of carbonyl (C=O) groups is 1. The van der Waals surface area contributed by atoms with Crippen LogP contribution in [0.15, 0.2) is 4.99 Å². The number of nitrogens with zero attached hydrogens (tertiary/aromatic N) is 2. The Morgan fingerprint density at radius 2 is 2.03 bits per heavy atom. The number of aliphatic imine (C=N–C) groups is 1. The highest BCUT2D eigenvalue weighted by Gasteiger charge is 2.28. The third kappa shape index (κ3) is 8.96. The molecule has 1 saturated carbocycles. The topological polar surface area (TPSA) is 78.0 Å². The van der Waals surface area contributed by atoms with Crippen LogP contribution < -0.4 is 16.0 Å². The maximum absolute atomic E-state index is 12.4. The first-order valence-electron chi connectivity index (χ1n) is 11.1. The highest BCUT2D eigenvalue weighted by molar-refractivity contribution is 14.0. The van der Waals surface area contributed by atoms with Crippen LogP contribution in [-0.4, -0.2) is 73.8 Å². The number of rotatable bonds is 7. The normalized spacial score (nSPS) is 27.1. The number of morpholine rings is 1. The van der Waals surface area contributed by atoms with Gasteiger partial charge in [0.15, 0.2) is 5.96 Å². The van der Waals surface area contributed by atoms with Crippen LogP contribution in [0.2, 0.25) is 0 Å². The fourth-order valence-electron chi connectivity index (χ4n) is 4.20. The highest BCUT2D eigenvalue weighted by atomic mass is 127. The van der Waals surface area contributed by atoms with E-state index in [9.17, 15) is 4.79 Å². The van der Waals surface area contributed by atoms with Crippen molar-refractivity contribution in [1.29, 1.82) is 0 Å². The van der Waals surface area contributed by atoms with Gasteiger partial charge in [-0.05, 0) is 53.9 Å².